The zero-order chi connectivity index (χ0) is 14.1. The quantitative estimate of drug-likeness (QED) is 0.726. The standard InChI is InChI=1S/C13H16N4O3/c1-8-6-10-11(15-12(18)14-10)7-9(8)16-13(19)17-2-4-20-5-3-17/h6-7H,2-5H2,1H3,(H,16,19)(H2,14,15,18). The predicted molar refractivity (Wildman–Crippen MR) is 75.1 cm³/mol. The Labute approximate surface area is 114 Å². The SMILES string of the molecule is Cc1cc2[nH]c(=O)[nH]c2cc1NC(=O)N1CCOCC1. The van der Waals surface area contributed by atoms with Crippen molar-refractivity contribution in [2.45, 2.75) is 6.92 Å². The first-order valence-corrected chi connectivity index (χ1v) is 6.50. The number of anilines is 1. The van der Waals surface area contributed by atoms with E-state index in [-0.39, 0.29) is 11.7 Å². The minimum absolute atomic E-state index is 0.145. The van der Waals surface area contributed by atoms with Gasteiger partial charge in [0.25, 0.3) is 0 Å². The van der Waals surface area contributed by atoms with Crippen molar-refractivity contribution in [1.29, 1.82) is 0 Å². The van der Waals surface area contributed by atoms with Gasteiger partial charge in [-0.3, -0.25) is 0 Å². The maximum Gasteiger partial charge on any atom is 0.323 e. The number of hydrogen-bond acceptors (Lipinski definition) is 3. The van der Waals surface area contributed by atoms with Crippen molar-refractivity contribution < 1.29 is 9.53 Å². The molecule has 0 aliphatic carbocycles. The Kier molecular flexibility index (Phi) is 3.19. The number of aryl methyl sites for hydroxylation is 1. The summed E-state index contributed by atoms with van der Waals surface area (Å²) in [5.74, 6) is 0. The average Bonchev–Trinajstić information content (AvgIpc) is 2.79. The molecule has 7 nitrogen and oxygen atoms in total. The van der Waals surface area contributed by atoms with Gasteiger partial charge in [-0.15, -0.1) is 0 Å². The highest BCUT2D eigenvalue weighted by Crippen LogP contribution is 2.20. The van der Waals surface area contributed by atoms with Crippen LogP contribution in [0, 0.1) is 6.92 Å². The van der Waals surface area contributed by atoms with Crippen molar-refractivity contribution in [2.24, 2.45) is 0 Å². The van der Waals surface area contributed by atoms with Crippen LogP contribution in [-0.4, -0.2) is 47.2 Å². The van der Waals surface area contributed by atoms with E-state index in [0.29, 0.717) is 37.5 Å². The number of imidazole rings is 1. The second kappa shape index (κ2) is 5.01. The minimum Gasteiger partial charge on any atom is -0.378 e. The topological polar surface area (TPSA) is 90.2 Å². The molecule has 2 aromatic rings. The number of H-pyrrole nitrogens is 2. The number of rotatable bonds is 1. The van der Waals surface area contributed by atoms with Crippen LogP contribution in [0.1, 0.15) is 5.56 Å². The summed E-state index contributed by atoms with van der Waals surface area (Å²) >= 11 is 0. The van der Waals surface area contributed by atoms with E-state index in [4.69, 9.17) is 4.74 Å². The fraction of sp³-hybridized carbons (Fsp3) is 0.385. The number of morpholine rings is 1. The molecule has 0 radical (unpaired) electrons. The summed E-state index contributed by atoms with van der Waals surface area (Å²) in [6.45, 7) is 4.20. The molecule has 1 aliphatic heterocycles. The third-order valence-electron chi connectivity index (χ3n) is 3.40. The lowest BCUT2D eigenvalue weighted by molar-refractivity contribution is 0.0564. The number of hydrogen-bond donors (Lipinski definition) is 3. The number of amides is 2. The number of carbonyl (C=O) groups is 1. The summed E-state index contributed by atoms with van der Waals surface area (Å²) in [5.41, 5.74) is 2.75. The van der Waals surface area contributed by atoms with Crippen LogP contribution in [0.3, 0.4) is 0 Å². The molecule has 7 heteroatoms. The highest BCUT2D eigenvalue weighted by molar-refractivity contribution is 5.93. The molecule has 0 spiro atoms. The van der Waals surface area contributed by atoms with E-state index in [1.165, 1.54) is 0 Å². The molecule has 0 unspecified atom stereocenters. The van der Waals surface area contributed by atoms with Gasteiger partial charge >= 0.3 is 11.7 Å². The Morgan fingerprint density at radius 3 is 2.60 bits per heavy atom. The van der Waals surface area contributed by atoms with Gasteiger partial charge in [0, 0.05) is 18.8 Å². The number of nitrogens with one attached hydrogen (secondary N) is 3. The molecule has 1 aliphatic rings. The third-order valence-corrected chi connectivity index (χ3v) is 3.40. The Balaban J connectivity index is 1.84. The first-order valence-electron chi connectivity index (χ1n) is 6.50. The van der Waals surface area contributed by atoms with E-state index in [2.05, 4.69) is 15.3 Å². The van der Waals surface area contributed by atoms with E-state index in [1.807, 2.05) is 13.0 Å². The number of nitrogens with zero attached hydrogens (tertiary/aromatic N) is 1. The molecular weight excluding hydrogens is 260 g/mol. The Bertz CT molecular complexity index is 697. The summed E-state index contributed by atoms with van der Waals surface area (Å²) in [6, 6.07) is 3.46. The van der Waals surface area contributed by atoms with Crippen LogP contribution in [0.25, 0.3) is 11.0 Å². The summed E-state index contributed by atoms with van der Waals surface area (Å²) in [6.07, 6.45) is 0. The van der Waals surface area contributed by atoms with Gasteiger partial charge in [0.15, 0.2) is 0 Å². The highest BCUT2D eigenvalue weighted by Gasteiger charge is 2.17. The monoisotopic (exact) mass is 276 g/mol. The molecule has 1 fully saturated rings. The van der Waals surface area contributed by atoms with E-state index in [9.17, 15) is 9.59 Å². The van der Waals surface area contributed by atoms with Gasteiger partial charge in [-0.05, 0) is 24.6 Å². The van der Waals surface area contributed by atoms with Gasteiger partial charge in [-0.25, -0.2) is 9.59 Å². The lowest BCUT2D eigenvalue weighted by Crippen LogP contribution is -2.43. The number of ether oxygens (including phenoxy) is 1. The van der Waals surface area contributed by atoms with Gasteiger partial charge in [-0.1, -0.05) is 0 Å². The lowest BCUT2D eigenvalue weighted by atomic mass is 10.2. The normalized spacial score (nSPS) is 15.6. The van der Waals surface area contributed by atoms with Crippen LogP contribution in [0.2, 0.25) is 0 Å². The van der Waals surface area contributed by atoms with Crippen molar-refractivity contribution in [3.63, 3.8) is 0 Å². The fourth-order valence-electron chi connectivity index (χ4n) is 2.29. The van der Waals surface area contributed by atoms with Gasteiger partial charge in [0.1, 0.15) is 0 Å². The van der Waals surface area contributed by atoms with Crippen LogP contribution >= 0.6 is 0 Å². The van der Waals surface area contributed by atoms with E-state index >= 15 is 0 Å². The zero-order valence-electron chi connectivity index (χ0n) is 11.2. The van der Waals surface area contributed by atoms with Gasteiger partial charge in [-0.2, -0.15) is 0 Å². The lowest BCUT2D eigenvalue weighted by Gasteiger charge is -2.27. The maximum absolute atomic E-state index is 12.1. The first-order chi connectivity index (χ1) is 9.63. The summed E-state index contributed by atoms with van der Waals surface area (Å²) in [4.78, 5) is 30.5. The Morgan fingerprint density at radius 1 is 1.25 bits per heavy atom. The molecule has 1 saturated heterocycles. The van der Waals surface area contributed by atoms with Crippen LogP contribution in [0.15, 0.2) is 16.9 Å². The van der Waals surface area contributed by atoms with Crippen molar-refractivity contribution in [1.82, 2.24) is 14.9 Å². The van der Waals surface area contributed by atoms with Crippen LogP contribution < -0.4 is 11.0 Å². The summed E-state index contributed by atoms with van der Waals surface area (Å²) in [5, 5.41) is 2.88. The average molecular weight is 276 g/mol. The van der Waals surface area contributed by atoms with Gasteiger partial charge < -0.3 is 24.9 Å². The molecular formula is C13H16N4O3. The van der Waals surface area contributed by atoms with Gasteiger partial charge in [0.2, 0.25) is 0 Å². The molecule has 20 heavy (non-hydrogen) atoms. The number of fused-ring (bicyclic) bond motifs is 1. The predicted octanol–water partition coefficient (Wildman–Crippen LogP) is 1.03. The van der Waals surface area contributed by atoms with Crippen molar-refractivity contribution in [3.8, 4) is 0 Å². The Hall–Kier alpha value is -2.28. The zero-order valence-corrected chi connectivity index (χ0v) is 11.2. The van der Waals surface area contributed by atoms with Crippen molar-refractivity contribution in [3.05, 3.63) is 28.2 Å². The molecule has 106 valence electrons. The molecule has 0 atom stereocenters. The number of urea groups is 1. The number of benzene rings is 1. The smallest absolute Gasteiger partial charge is 0.323 e. The van der Waals surface area contributed by atoms with Crippen LogP contribution in [-0.2, 0) is 4.74 Å². The molecule has 3 rings (SSSR count). The largest absolute Gasteiger partial charge is 0.378 e. The van der Waals surface area contributed by atoms with E-state index < -0.39 is 0 Å². The second-order valence-electron chi connectivity index (χ2n) is 4.82. The molecule has 3 N–H and O–H groups in total. The van der Waals surface area contributed by atoms with E-state index in [0.717, 1.165) is 11.1 Å². The maximum atomic E-state index is 12.1. The van der Waals surface area contributed by atoms with Crippen LogP contribution in [0.4, 0.5) is 10.5 Å². The number of carbonyl (C=O) groups excluding carboxylic acids is 1. The number of aromatic amines is 2. The molecule has 2 amide bonds. The third kappa shape index (κ3) is 2.39. The van der Waals surface area contributed by atoms with E-state index in [1.54, 1.807) is 11.0 Å². The molecule has 1 aromatic carbocycles. The summed E-state index contributed by atoms with van der Waals surface area (Å²) < 4.78 is 5.22. The van der Waals surface area contributed by atoms with Gasteiger partial charge in [0.05, 0.1) is 24.2 Å². The number of aromatic nitrogens is 2. The Morgan fingerprint density at radius 2 is 1.90 bits per heavy atom. The molecule has 2 heterocycles. The molecule has 0 saturated carbocycles. The van der Waals surface area contributed by atoms with Crippen LogP contribution in [0.5, 0.6) is 0 Å². The summed E-state index contributed by atoms with van der Waals surface area (Å²) in [7, 11) is 0. The first kappa shape index (κ1) is 12.7. The minimum atomic E-state index is -0.254. The fourth-order valence-corrected chi connectivity index (χ4v) is 2.29. The second-order valence-corrected chi connectivity index (χ2v) is 4.82. The molecule has 0 bridgehead atoms. The van der Waals surface area contributed by atoms with Crippen molar-refractivity contribution >= 4 is 22.8 Å². The van der Waals surface area contributed by atoms with Crippen molar-refractivity contribution in [2.75, 3.05) is 31.6 Å². The molecule has 1 aromatic heterocycles. The highest BCUT2D eigenvalue weighted by atomic mass is 16.5.